The Hall–Kier alpha value is -3.02. The van der Waals surface area contributed by atoms with Crippen molar-refractivity contribution in [1.29, 1.82) is 0 Å². The van der Waals surface area contributed by atoms with E-state index >= 15 is 0 Å². The smallest absolute Gasteiger partial charge is 0.261 e. The van der Waals surface area contributed by atoms with Crippen molar-refractivity contribution < 1.29 is 19.4 Å². The van der Waals surface area contributed by atoms with Crippen LogP contribution in [0.4, 0.5) is 5.69 Å². The Morgan fingerprint density at radius 3 is 2.28 bits per heavy atom. The number of aromatic hydroxyl groups is 1. The zero-order chi connectivity index (χ0) is 17.8. The van der Waals surface area contributed by atoms with Crippen molar-refractivity contribution in [2.75, 3.05) is 18.9 Å². The molecule has 2 aromatic carbocycles. The molecule has 130 valence electrons. The summed E-state index contributed by atoms with van der Waals surface area (Å²) in [5.74, 6) is -0.0205. The van der Waals surface area contributed by atoms with Gasteiger partial charge in [0.15, 0.2) is 11.5 Å². The van der Waals surface area contributed by atoms with Crippen LogP contribution >= 0.6 is 0 Å². The van der Waals surface area contributed by atoms with Crippen molar-refractivity contribution >= 4 is 17.5 Å². The van der Waals surface area contributed by atoms with Gasteiger partial charge in [0, 0.05) is 18.3 Å². The van der Waals surface area contributed by atoms with Gasteiger partial charge >= 0.3 is 0 Å². The molecule has 0 radical (unpaired) electrons. The minimum absolute atomic E-state index is 0.0195. The van der Waals surface area contributed by atoms with Gasteiger partial charge in [-0.1, -0.05) is 12.1 Å². The van der Waals surface area contributed by atoms with Crippen LogP contribution < -0.4 is 10.5 Å². The normalized spacial score (nSPS) is 13.2. The second-order valence-corrected chi connectivity index (χ2v) is 5.94. The summed E-state index contributed by atoms with van der Waals surface area (Å²) in [4.78, 5) is 25.7. The van der Waals surface area contributed by atoms with E-state index in [9.17, 15) is 14.7 Å². The summed E-state index contributed by atoms with van der Waals surface area (Å²) in [5.41, 5.74) is 7.00. The number of nitrogens with zero attached hydrogens (tertiary/aromatic N) is 1. The molecule has 0 saturated heterocycles. The number of imide groups is 1. The Kier molecular flexibility index (Phi) is 4.88. The molecule has 0 atom stereocenters. The van der Waals surface area contributed by atoms with E-state index in [1.54, 1.807) is 36.4 Å². The van der Waals surface area contributed by atoms with E-state index in [2.05, 4.69) is 0 Å². The van der Waals surface area contributed by atoms with E-state index in [1.165, 1.54) is 11.0 Å². The minimum atomic E-state index is -0.219. The summed E-state index contributed by atoms with van der Waals surface area (Å²) in [6.45, 7) is 0.846. The lowest BCUT2D eigenvalue weighted by Gasteiger charge is -2.13. The van der Waals surface area contributed by atoms with E-state index in [4.69, 9.17) is 10.5 Å². The number of fused-ring (bicyclic) bond motifs is 1. The fourth-order valence-electron chi connectivity index (χ4n) is 2.83. The third kappa shape index (κ3) is 3.57. The first-order valence-corrected chi connectivity index (χ1v) is 8.24. The highest BCUT2D eigenvalue weighted by Crippen LogP contribution is 2.28. The molecule has 25 heavy (non-hydrogen) atoms. The summed E-state index contributed by atoms with van der Waals surface area (Å²) in [7, 11) is 0. The van der Waals surface area contributed by atoms with Crippen molar-refractivity contribution in [2.45, 2.75) is 19.3 Å². The van der Waals surface area contributed by atoms with Gasteiger partial charge in [0.05, 0.1) is 17.7 Å². The van der Waals surface area contributed by atoms with E-state index in [0.717, 1.165) is 12.8 Å². The largest absolute Gasteiger partial charge is 0.504 e. The van der Waals surface area contributed by atoms with Crippen molar-refractivity contribution in [3.63, 3.8) is 0 Å². The molecule has 0 fully saturated rings. The van der Waals surface area contributed by atoms with E-state index in [1.807, 2.05) is 0 Å². The lowest BCUT2D eigenvalue weighted by molar-refractivity contribution is 0.0651. The Labute approximate surface area is 145 Å². The Balaban J connectivity index is 1.41. The first-order valence-electron chi connectivity index (χ1n) is 8.24. The number of nitrogen functional groups attached to an aromatic ring is 1. The molecule has 6 nitrogen and oxygen atoms in total. The number of amides is 2. The number of carbonyl (C=O) groups excluding carboxylic acids is 2. The first-order chi connectivity index (χ1) is 12.1. The number of rotatable bonds is 7. The van der Waals surface area contributed by atoms with Gasteiger partial charge in [-0.3, -0.25) is 14.5 Å². The monoisotopic (exact) mass is 340 g/mol. The van der Waals surface area contributed by atoms with Crippen LogP contribution in [0.15, 0.2) is 42.5 Å². The van der Waals surface area contributed by atoms with Gasteiger partial charge in [-0.25, -0.2) is 0 Å². The van der Waals surface area contributed by atoms with Crippen LogP contribution in [0, 0.1) is 0 Å². The van der Waals surface area contributed by atoms with Crippen LogP contribution in [0.5, 0.6) is 11.5 Å². The van der Waals surface area contributed by atoms with Crippen LogP contribution in [-0.2, 0) is 0 Å². The molecule has 0 aliphatic carbocycles. The molecule has 0 spiro atoms. The lowest BCUT2D eigenvalue weighted by atomic mass is 10.1. The molecule has 2 amide bonds. The SMILES string of the molecule is Nc1ccc(OCCCCCN2C(=O)c3ccccc3C2=O)c(O)c1. The molecule has 0 saturated carbocycles. The lowest BCUT2D eigenvalue weighted by Crippen LogP contribution is -2.30. The Morgan fingerprint density at radius 1 is 0.960 bits per heavy atom. The highest BCUT2D eigenvalue weighted by Gasteiger charge is 2.34. The van der Waals surface area contributed by atoms with E-state index in [-0.39, 0.29) is 17.6 Å². The van der Waals surface area contributed by atoms with Crippen LogP contribution in [0.3, 0.4) is 0 Å². The van der Waals surface area contributed by atoms with Crippen LogP contribution in [0.25, 0.3) is 0 Å². The predicted octanol–water partition coefficient (Wildman–Crippen LogP) is 2.82. The maximum atomic E-state index is 12.2. The van der Waals surface area contributed by atoms with Crippen molar-refractivity contribution in [1.82, 2.24) is 4.90 Å². The zero-order valence-corrected chi connectivity index (χ0v) is 13.8. The first kappa shape index (κ1) is 16.8. The molecule has 1 aliphatic rings. The van der Waals surface area contributed by atoms with Gasteiger partial charge < -0.3 is 15.6 Å². The summed E-state index contributed by atoms with van der Waals surface area (Å²) in [5, 5.41) is 9.70. The Bertz CT molecular complexity index is 769. The van der Waals surface area contributed by atoms with Gasteiger partial charge in [0.2, 0.25) is 0 Å². The number of nitrogens with two attached hydrogens (primary N) is 1. The maximum absolute atomic E-state index is 12.2. The summed E-state index contributed by atoms with van der Waals surface area (Å²) in [6, 6.07) is 11.6. The molecule has 0 bridgehead atoms. The number of benzene rings is 2. The fourth-order valence-corrected chi connectivity index (χ4v) is 2.83. The molecule has 1 aliphatic heterocycles. The molecular formula is C19H20N2O4. The molecule has 6 heteroatoms. The van der Waals surface area contributed by atoms with Crippen LogP contribution in [0.1, 0.15) is 40.0 Å². The predicted molar refractivity (Wildman–Crippen MR) is 93.7 cm³/mol. The van der Waals surface area contributed by atoms with Gasteiger partial charge in [0.1, 0.15) is 0 Å². The maximum Gasteiger partial charge on any atom is 0.261 e. The van der Waals surface area contributed by atoms with E-state index in [0.29, 0.717) is 42.1 Å². The summed E-state index contributed by atoms with van der Waals surface area (Å²) in [6.07, 6.45) is 2.28. The molecule has 0 unspecified atom stereocenters. The quantitative estimate of drug-likeness (QED) is 0.459. The number of unbranched alkanes of at least 4 members (excludes halogenated alkanes) is 2. The molecule has 3 N–H and O–H groups in total. The van der Waals surface area contributed by atoms with Crippen molar-refractivity contribution in [3.05, 3.63) is 53.6 Å². The average Bonchev–Trinajstić information content (AvgIpc) is 2.84. The van der Waals surface area contributed by atoms with Gasteiger partial charge in [-0.05, 0) is 43.5 Å². The van der Waals surface area contributed by atoms with Crippen molar-refractivity contribution in [3.8, 4) is 11.5 Å². The highest BCUT2D eigenvalue weighted by atomic mass is 16.5. The van der Waals surface area contributed by atoms with Gasteiger partial charge in [-0.2, -0.15) is 0 Å². The van der Waals surface area contributed by atoms with Crippen LogP contribution in [-0.4, -0.2) is 35.0 Å². The second-order valence-electron chi connectivity index (χ2n) is 5.94. The third-order valence-electron chi connectivity index (χ3n) is 4.14. The number of carbonyl (C=O) groups is 2. The highest BCUT2D eigenvalue weighted by molar-refractivity contribution is 6.21. The minimum Gasteiger partial charge on any atom is -0.504 e. The number of ether oxygens (including phenoxy) is 1. The van der Waals surface area contributed by atoms with Gasteiger partial charge in [-0.15, -0.1) is 0 Å². The molecule has 3 rings (SSSR count). The topological polar surface area (TPSA) is 92.9 Å². The Morgan fingerprint density at radius 2 is 1.64 bits per heavy atom. The molecular weight excluding hydrogens is 320 g/mol. The van der Waals surface area contributed by atoms with E-state index < -0.39 is 0 Å². The second kappa shape index (κ2) is 7.25. The van der Waals surface area contributed by atoms with Gasteiger partial charge in [0.25, 0.3) is 11.8 Å². The zero-order valence-electron chi connectivity index (χ0n) is 13.8. The number of phenolic OH excluding ortho intramolecular Hbond substituents is 1. The molecule has 2 aromatic rings. The number of phenols is 1. The fraction of sp³-hybridized carbons (Fsp3) is 0.263. The summed E-state index contributed by atoms with van der Waals surface area (Å²) < 4.78 is 5.50. The third-order valence-corrected chi connectivity index (χ3v) is 4.14. The van der Waals surface area contributed by atoms with Crippen molar-refractivity contribution in [2.24, 2.45) is 0 Å². The molecule has 0 aromatic heterocycles. The van der Waals surface area contributed by atoms with Crippen LogP contribution in [0.2, 0.25) is 0 Å². The summed E-state index contributed by atoms with van der Waals surface area (Å²) >= 11 is 0. The standard InChI is InChI=1S/C19H20N2O4/c20-13-8-9-17(16(22)12-13)25-11-5-1-4-10-21-18(23)14-6-2-3-7-15(14)19(21)24/h2-3,6-9,12,22H,1,4-5,10-11,20H2. The number of anilines is 1. The number of hydrogen-bond acceptors (Lipinski definition) is 5. The number of hydrogen-bond donors (Lipinski definition) is 2. The average molecular weight is 340 g/mol. The molecule has 1 heterocycles.